The molecule has 31 heavy (non-hydrogen) atoms. The second-order valence-electron chi connectivity index (χ2n) is 7.44. The number of fused-ring (bicyclic) bond motifs is 1. The minimum atomic E-state index is -1.27. The number of hydrogen-bond acceptors (Lipinski definition) is 10. The molecule has 1 saturated heterocycles. The summed E-state index contributed by atoms with van der Waals surface area (Å²) in [6.07, 6.45) is -3.89. The fourth-order valence-electron chi connectivity index (χ4n) is 3.80. The molecule has 0 radical (unpaired) electrons. The molecule has 9 nitrogen and oxygen atoms in total. The molecule has 0 bridgehead atoms. The normalized spacial score (nSPS) is 28.3. The van der Waals surface area contributed by atoms with Crippen molar-refractivity contribution < 1.29 is 34.0 Å². The Hall–Kier alpha value is -2.31. The summed E-state index contributed by atoms with van der Waals surface area (Å²) >= 11 is 0.923. The molecule has 1 fully saturated rings. The second kappa shape index (κ2) is 9.05. The van der Waals surface area contributed by atoms with E-state index in [0.29, 0.717) is 22.6 Å². The number of thioether (sulfide) groups is 1. The molecule has 1 unspecified atom stereocenters. The lowest BCUT2D eigenvalue weighted by Gasteiger charge is -2.25. The van der Waals surface area contributed by atoms with Gasteiger partial charge in [-0.3, -0.25) is 4.79 Å². The number of aliphatic hydroxyl groups excluding tert-OH is 3. The maximum atomic E-state index is 13.1. The zero-order valence-corrected chi connectivity index (χ0v) is 17.2. The number of nitrogen functional groups attached to an aromatic ring is 1. The number of aromatic nitrogens is 2. The van der Waals surface area contributed by atoms with E-state index in [2.05, 4.69) is 9.97 Å². The highest BCUT2D eigenvalue weighted by Crippen LogP contribution is 2.45. The molecule has 0 spiro atoms. The van der Waals surface area contributed by atoms with Crippen molar-refractivity contribution in [3.63, 3.8) is 0 Å². The Morgan fingerprint density at radius 1 is 1.23 bits per heavy atom. The van der Waals surface area contributed by atoms with Crippen LogP contribution in [-0.4, -0.2) is 61.4 Å². The topological polar surface area (TPSA) is 148 Å². The van der Waals surface area contributed by atoms with E-state index >= 15 is 0 Å². The van der Waals surface area contributed by atoms with Crippen molar-refractivity contribution in [2.45, 2.75) is 54.7 Å². The molecular weight excluding hydrogens is 429 g/mol. The van der Waals surface area contributed by atoms with Crippen molar-refractivity contribution in [3.05, 3.63) is 41.3 Å². The van der Waals surface area contributed by atoms with Gasteiger partial charge in [0.25, 0.3) is 0 Å². The van der Waals surface area contributed by atoms with Crippen molar-refractivity contribution >= 4 is 22.8 Å². The third-order valence-electron chi connectivity index (χ3n) is 5.37. The first kappa shape index (κ1) is 21.9. The number of aliphatic hydroxyl groups is 3. The highest BCUT2D eigenvalue weighted by atomic mass is 32.2. The molecule has 0 amide bonds. The van der Waals surface area contributed by atoms with Gasteiger partial charge in [-0.25, -0.2) is 9.37 Å². The Labute approximate surface area is 181 Å². The number of nitrogens with two attached hydrogens (primary N) is 1. The molecule has 1 aromatic heterocycles. The number of anilines is 1. The van der Waals surface area contributed by atoms with Crippen molar-refractivity contribution in [2.24, 2.45) is 0 Å². The average Bonchev–Trinajstić information content (AvgIpc) is 2.92. The molecule has 0 saturated carbocycles. The Morgan fingerprint density at radius 2 is 1.97 bits per heavy atom. The van der Waals surface area contributed by atoms with Crippen LogP contribution < -0.4 is 10.5 Å². The molecule has 1 aromatic carbocycles. The Morgan fingerprint density at radius 3 is 2.65 bits per heavy atom. The SMILES string of the molecule is Nc1nc(OCc2ccc(F)cc2)c2c(n1)C([C@@H]1O[C@H](CO)[C@@H](O)[C@H]1O)CCC(=O)S2. The van der Waals surface area contributed by atoms with Crippen molar-refractivity contribution in [2.75, 3.05) is 12.3 Å². The highest BCUT2D eigenvalue weighted by molar-refractivity contribution is 8.13. The first-order valence-electron chi connectivity index (χ1n) is 9.75. The quantitative estimate of drug-likeness (QED) is 0.513. The van der Waals surface area contributed by atoms with E-state index < -0.39 is 36.9 Å². The van der Waals surface area contributed by atoms with Crippen molar-refractivity contribution in [3.8, 4) is 5.88 Å². The lowest BCUT2D eigenvalue weighted by atomic mass is 9.89. The number of halogens is 1. The number of hydrogen-bond donors (Lipinski definition) is 4. The first-order chi connectivity index (χ1) is 14.9. The van der Waals surface area contributed by atoms with E-state index in [4.69, 9.17) is 15.2 Å². The fraction of sp³-hybridized carbons (Fsp3) is 0.450. The van der Waals surface area contributed by atoms with Gasteiger partial charge >= 0.3 is 0 Å². The van der Waals surface area contributed by atoms with E-state index in [1.54, 1.807) is 12.1 Å². The minimum Gasteiger partial charge on any atom is -0.472 e. The van der Waals surface area contributed by atoms with Crippen LogP contribution in [0.5, 0.6) is 5.88 Å². The Balaban J connectivity index is 1.67. The molecule has 5 atom stereocenters. The second-order valence-corrected chi connectivity index (χ2v) is 8.51. The van der Waals surface area contributed by atoms with E-state index in [-0.39, 0.29) is 35.8 Å². The largest absolute Gasteiger partial charge is 0.472 e. The minimum absolute atomic E-state index is 0.0659. The summed E-state index contributed by atoms with van der Waals surface area (Å²) in [5.74, 6) is -0.927. The van der Waals surface area contributed by atoms with Gasteiger partial charge < -0.3 is 30.5 Å². The zero-order valence-electron chi connectivity index (χ0n) is 16.3. The molecule has 0 aliphatic carbocycles. The Bertz CT molecular complexity index is 963. The van der Waals surface area contributed by atoms with Crippen LogP contribution in [0.15, 0.2) is 29.2 Å². The average molecular weight is 451 g/mol. The number of carbonyl (C=O) groups is 1. The van der Waals surface area contributed by atoms with Gasteiger partial charge in [-0.2, -0.15) is 4.98 Å². The molecule has 5 N–H and O–H groups in total. The van der Waals surface area contributed by atoms with Crippen LogP contribution in [0.4, 0.5) is 10.3 Å². The van der Waals surface area contributed by atoms with Gasteiger partial charge in [0.05, 0.1) is 23.3 Å². The van der Waals surface area contributed by atoms with Gasteiger partial charge in [0.15, 0.2) is 5.12 Å². The lowest BCUT2D eigenvalue weighted by molar-refractivity contribution is -0.111. The predicted molar refractivity (Wildman–Crippen MR) is 108 cm³/mol. The predicted octanol–water partition coefficient (Wildman–Crippen LogP) is 0.754. The monoisotopic (exact) mass is 451 g/mol. The number of benzene rings is 1. The molecule has 166 valence electrons. The maximum Gasteiger partial charge on any atom is 0.233 e. The molecule has 11 heteroatoms. The van der Waals surface area contributed by atoms with Crippen LogP contribution in [0.1, 0.15) is 30.0 Å². The van der Waals surface area contributed by atoms with Crippen molar-refractivity contribution in [1.82, 2.24) is 9.97 Å². The van der Waals surface area contributed by atoms with E-state index in [1.807, 2.05) is 0 Å². The molecular formula is C20H22FN3O6S. The van der Waals surface area contributed by atoms with Gasteiger partial charge in [-0.15, -0.1) is 0 Å². The van der Waals surface area contributed by atoms with E-state index in [9.17, 15) is 24.5 Å². The van der Waals surface area contributed by atoms with Gasteiger partial charge in [0.1, 0.15) is 30.7 Å². The van der Waals surface area contributed by atoms with Crippen molar-refractivity contribution in [1.29, 1.82) is 0 Å². The summed E-state index contributed by atoms with van der Waals surface area (Å²) in [6, 6.07) is 5.75. The smallest absolute Gasteiger partial charge is 0.233 e. The Kier molecular flexibility index (Phi) is 6.39. The number of ether oxygens (including phenoxy) is 2. The zero-order chi connectivity index (χ0) is 22.1. The lowest BCUT2D eigenvalue weighted by Crippen LogP contribution is -2.36. The number of carbonyl (C=O) groups excluding carboxylic acids is 1. The van der Waals surface area contributed by atoms with Gasteiger partial charge in [0.2, 0.25) is 11.8 Å². The maximum absolute atomic E-state index is 13.1. The van der Waals surface area contributed by atoms with Gasteiger partial charge in [0, 0.05) is 12.3 Å². The summed E-state index contributed by atoms with van der Waals surface area (Å²) in [5.41, 5.74) is 6.97. The van der Waals surface area contributed by atoms with E-state index in [1.165, 1.54) is 12.1 Å². The summed E-state index contributed by atoms with van der Waals surface area (Å²) in [7, 11) is 0. The third-order valence-corrected chi connectivity index (χ3v) is 6.39. The van der Waals surface area contributed by atoms with E-state index in [0.717, 1.165) is 11.8 Å². The standard InChI is InChI=1S/C20H22FN3O6S/c21-10-3-1-9(2-4-10)8-29-19-18-14(23-20(22)24-19)11(5-6-13(26)31-18)17-16(28)15(27)12(7-25)30-17/h1-4,11-12,15-17,25,27-28H,5-8H2,(H2,22,23,24)/t11?,12-,15-,16-,17+/m1/s1. The molecule has 2 aliphatic heterocycles. The van der Waals surface area contributed by atoms with Gasteiger partial charge in [-0.1, -0.05) is 12.1 Å². The van der Waals surface area contributed by atoms with Crippen LogP contribution >= 0.6 is 11.8 Å². The van der Waals surface area contributed by atoms with Crippen LogP contribution in [-0.2, 0) is 16.1 Å². The molecule has 2 aliphatic rings. The summed E-state index contributed by atoms with van der Waals surface area (Å²) in [6.45, 7) is -0.392. The third kappa shape index (κ3) is 4.51. The summed E-state index contributed by atoms with van der Waals surface area (Å²) in [5, 5.41) is 29.9. The number of nitrogens with zero attached hydrogens (tertiary/aromatic N) is 2. The first-order valence-corrected chi connectivity index (χ1v) is 10.6. The van der Waals surface area contributed by atoms with Crippen LogP contribution in [0.2, 0.25) is 0 Å². The van der Waals surface area contributed by atoms with Crippen LogP contribution in [0, 0.1) is 5.82 Å². The summed E-state index contributed by atoms with van der Waals surface area (Å²) in [4.78, 5) is 21.2. The molecule has 4 rings (SSSR count). The highest BCUT2D eigenvalue weighted by Gasteiger charge is 2.48. The fourth-order valence-corrected chi connectivity index (χ4v) is 4.74. The summed E-state index contributed by atoms with van der Waals surface area (Å²) < 4.78 is 24.6. The molecule has 2 aromatic rings. The van der Waals surface area contributed by atoms with Crippen LogP contribution in [0.25, 0.3) is 0 Å². The molecule has 3 heterocycles. The van der Waals surface area contributed by atoms with Crippen LogP contribution in [0.3, 0.4) is 0 Å². The number of rotatable bonds is 5. The van der Waals surface area contributed by atoms with Gasteiger partial charge in [-0.05, 0) is 35.9 Å².